The second-order valence-corrected chi connectivity index (χ2v) is 5.82. The Morgan fingerprint density at radius 2 is 2.04 bits per heavy atom. The first-order chi connectivity index (χ1) is 12.0. The summed E-state index contributed by atoms with van der Waals surface area (Å²) in [6.45, 7) is 2.03. The van der Waals surface area contributed by atoms with E-state index in [0.29, 0.717) is 29.8 Å². The van der Waals surface area contributed by atoms with E-state index in [4.69, 9.17) is 15.6 Å². The third kappa shape index (κ3) is 5.43. The predicted molar refractivity (Wildman–Crippen MR) is 95.6 cm³/mol. The van der Waals surface area contributed by atoms with E-state index >= 15 is 0 Å². The molecule has 0 aromatic heterocycles. The molecule has 2 aromatic carbocycles. The number of amides is 1. The Labute approximate surface area is 146 Å². The molecule has 0 aliphatic heterocycles. The average molecular weight is 339 g/mol. The van der Waals surface area contributed by atoms with Gasteiger partial charge in [0.05, 0.1) is 12.3 Å². The van der Waals surface area contributed by atoms with E-state index in [1.54, 1.807) is 13.0 Å². The number of hydrogen-bond acceptors (Lipinski definition) is 4. The van der Waals surface area contributed by atoms with Gasteiger partial charge < -0.3 is 20.9 Å². The summed E-state index contributed by atoms with van der Waals surface area (Å²) in [5, 5.41) is 20.4. The standard InChI is InChI=1S/C19H21N3O3/c1-13(22-19(23)24)7-8-25-18-11-15(10-17(21)16(18)12-20)9-14-5-3-2-4-6-14/h2-6,10-11,13,22H,7-9,21H2,1H3,(H,23,24). The lowest BCUT2D eigenvalue weighted by Gasteiger charge is -2.15. The summed E-state index contributed by atoms with van der Waals surface area (Å²) in [5.74, 6) is 0.427. The van der Waals surface area contributed by atoms with Gasteiger partial charge in [0.2, 0.25) is 0 Å². The lowest BCUT2D eigenvalue weighted by Crippen LogP contribution is -2.32. The van der Waals surface area contributed by atoms with E-state index in [0.717, 1.165) is 11.1 Å². The van der Waals surface area contributed by atoms with Gasteiger partial charge in [-0.05, 0) is 36.6 Å². The van der Waals surface area contributed by atoms with Gasteiger partial charge in [0.25, 0.3) is 0 Å². The van der Waals surface area contributed by atoms with E-state index in [-0.39, 0.29) is 12.6 Å². The van der Waals surface area contributed by atoms with Crippen LogP contribution in [0.2, 0.25) is 0 Å². The molecule has 2 rings (SSSR count). The van der Waals surface area contributed by atoms with Crippen LogP contribution in [0.4, 0.5) is 10.5 Å². The highest BCUT2D eigenvalue weighted by Gasteiger charge is 2.12. The molecule has 0 heterocycles. The van der Waals surface area contributed by atoms with Gasteiger partial charge in [-0.1, -0.05) is 30.3 Å². The third-order valence-electron chi connectivity index (χ3n) is 3.73. The minimum absolute atomic E-state index is 0.243. The minimum Gasteiger partial charge on any atom is -0.492 e. The number of nitrogen functional groups attached to an aromatic ring is 1. The minimum atomic E-state index is -1.07. The Bertz CT molecular complexity index is 769. The van der Waals surface area contributed by atoms with Crippen molar-refractivity contribution in [2.24, 2.45) is 0 Å². The van der Waals surface area contributed by atoms with Crippen molar-refractivity contribution in [2.45, 2.75) is 25.8 Å². The molecule has 0 spiro atoms. The van der Waals surface area contributed by atoms with E-state index in [1.807, 2.05) is 36.4 Å². The van der Waals surface area contributed by atoms with Gasteiger partial charge in [0.1, 0.15) is 17.4 Å². The van der Waals surface area contributed by atoms with Gasteiger partial charge >= 0.3 is 6.09 Å². The highest BCUT2D eigenvalue weighted by Crippen LogP contribution is 2.27. The van der Waals surface area contributed by atoms with E-state index < -0.39 is 6.09 Å². The fraction of sp³-hybridized carbons (Fsp3) is 0.263. The van der Waals surface area contributed by atoms with Crippen LogP contribution < -0.4 is 15.8 Å². The molecule has 1 atom stereocenters. The molecule has 6 nitrogen and oxygen atoms in total. The molecule has 0 saturated heterocycles. The summed E-state index contributed by atoms with van der Waals surface area (Å²) < 4.78 is 5.70. The Morgan fingerprint density at radius 3 is 2.68 bits per heavy atom. The Morgan fingerprint density at radius 1 is 1.32 bits per heavy atom. The van der Waals surface area contributed by atoms with Crippen molar-refractivity contribution in [1.82, 2.24) is 5.32 Å². The number of nitrogens with one attached hydrogen (secondary N) is 1. The summed E-state index contributed by atoms with van der Waals surface area (Å²) in [6, 6.07) is 15.4. The Balaban J connectivity index is 2.10. The number of ether oxygens (including phenoxy) is 1. The molecule has 0 bridgehead atoms. The summed E-state index contributed by atoms with van der Waals surface area (Å²) in [6.07, 6.45) is 0.101. The predicted octanol–water partition coefficient (Wildman–Crippen LogP) is 3.16. The molecule has 0 aliphatic rings. The molecule has 6 heteroatoms. The van der Waals surface area contributed by atoms with Crippen LogP contribution in [0.3, 0.4) is 0 Å². The van der Waals surface area contributed by atoms with Crippen molar-refractivity contribution in [3.05, 3.63) is 59.2 Å². The number of nitrogens with zero attached hydrogens (tertiary/aromatic N) is 1. The largest absolute Gasteiger partial charge is 0.492 e. The average Bonchev–Trinajstić information content (AvgIpc) is 2.55. The smallest absolute Gasteiger partial charge is 0.404 e. The highest BCUT2D eigenvalue weighted by molar-refractivity contribution is 5.64. The highest BCUT2D eigenvalue weighted by atomic mass is 16.5. The van der Waals surface area contributed by atoms with Crippen LogP contribution in [-0.2, 0) is 6.42 Å². The second kappa shape index (κ2) is 8.60. The second-order valence-electron chi connectivity index (χ2n) is 5.82. The van der Waals surface area contributed by atoms with Crippen molar-refractivity contribution in [1.29, 1.82) is 5.26 Å². The fourth-order valence-corrected chi connectivity index (χ4v) is 2.49. The van der Waals surface area contributed by atoms with E-state index in [1.165, 1.54) is 0 Å². The summed E-state index contributed by atoms with van der Waals surface area (Å²) in [5.41, 5.74) is 8.76. The number of carbonyl (C=O) groups is 1. The number of benzene rings is 2. The van der Waals surface area contributed by atoms with Gasteiger partial charge in [-0.25, -0.2) is 4.79 Å². The van der Waals surface area contributed by atoms with E-state index in [2.05, 4.69) is 11.4 Å². The van der Waals surface area contributed by atoms with Crippen LogP contribution in [0.15, 0.2) is 42.5 Å². The lowest BCUT2D eigenvalue weighted by atomic mass is 10.0. The van der Waals surface area contributed by atoms with Crippen LogP contribution in [0.1, 0.15) is 30.0 Å². The molecular formula is C19H21N3O3. The van der Waals surface area contributed by atoms with Crippen LogP contribution in [0.25, 0.3) is 0 Å². The maximum Gasteiger partial charge on any atom is 0.404 e. The van der Waals surface area contributed by atoms with Crippen molar-refractivity contribution >= 4 is 11.8 Å². The molecule has 1 amide bonds. The number of nitrogens with two attached hydrogens (primary N) is 1. The molecule has 0 radical (unpaired) electrons. The zero-order valence-electron chi connectivity index (χ0n) is 14.0. The quantitative estimate of drug-likeness (QED) is 0.671. The third-order valence-corrected chi connectivity index (χ3v) is 3.73. The maximum atomic E-state index is 10.6. The summed E-state index contributed by atoms with van der Waals surface area (Å²) in [4.78, 5) is 10.6. The molecule has 1 unspecified atom stereocenters. The van der Waals surface area contributed by atoms with Crippen molar-refractivity contribution in [2.75, 3.05) is 12.3 Å². The number of nitriles is 1. The van der Waals surface area contributed by atoms with Crippen molar-refractivity contribution in [3.63, 3.8) is 0 Å². The zero-order valence-corrected chi connectivity index (χ0v) is 14.0. The van der Waals surface area contributed by atoms with Gasteiger partial charge in [-0.3, -0.25) is 0 Å². The number of rotatable bonds is 7. The van der Waals surface area contributed by atoms with Crippen LogP contribution in [0, 0.1) is 11.3 Å². The molecule has 4 N–H and O–H groups in total. The molecule has 130 valence electrons. The first-order valence-electron chi connectivity index (χ1n) is 7.98. The lowest BCUT2D eigenvalue weighted by molar-refractivity contribution is 0.188. The zero-order chi connectivity index (χ0) is 18.2. The maximum absolute atomic E-state index is 10.6. The van der Waals surface area contributed by atoms with Gasteiger partial charge in [0, 0.05) is 12.5 Å². The first-order valence-corrected chi connectivity index (χ1v) is 7.98. The van der Waals surface area contributed by atoms with Crippen molar-refractivity contribution in [3.8, 4) is 11.8 Å². The van der Waals surface area contributed by atoms with Crippen LogP contribution in [-0.4, -0.2) is 23.8 Å². The first kappa shape index (κ1) is 18.1. The molecule has 0 saturated carbocycles. The van der Waals surface area contributed by atoms with Gasteiger partial charge in [-0.15, -0.1) is 0 Å². The van der Waals surface area contributed by atoms with Gasteiger partial charge in [0.15, 0.2) is 0 Å². The fourth-order valence-electron chi connectivity index (χ4n) is 2.49. The normalized spacial score (nSPS) is 11.4. The Hall–Kier alpha value is -3.20. The molecule has 0 aliphatic carbocycles. The number of carboxylic acid groups (broad SMARTS) is 1. The van der Waals surface area contributed by atoms with Crippen LogP contribution >= 0.6 is 0 Å². The van der Waals surface area contributed by atoms with E-state index in [9.17, 15) is 10.1 Å². The summed E-state index contributed by atoms with van der Waals surface area (Å²) in [7, 11) is 0. The topological polar surface area (TPSA) is 108 Å². The Kier molecular flexibility index (Phi) is 6.24. The van der Waals surface area contributed by atoms with Crippen molar-refractivity contribution < 1.29 is 14.6 Å². The molecule has 25 heavy (non-hydrogen) atoms. The van der Waals surface area contributed by atoms with Crippen LogP contribution in [0.5, 0.6) is 5.75 Å². The van der Waals surface area contributed by atoms with Gasteiger partial charge in [-0.2, -0.15) is 5.26 Å². The molecule has 0 fully saturated rings. The number of hydrogen-bond donors (Lipinski definition) is 3. The molecule has 2 aromatic rings. The SMILES string of the molecule is CC(CCOc1cc(Cc2ccccc2)cc(N)c1C#N)NC(=O)O. The summed E-state index contributed by atoms with van der Waals surface area (Å²) >= 11 is 0. The monoisotopic (exact) mass is 339 g/mol. The number of anilines is 1. The molecular weight excluding hydrogens is 318 g/mol.